The third kappa shape index (κ3) is 1.45. The van der Waals surface area contributed by atoms with Crippen molar-refractivity contribution >= 4 is 0 Å². The Hall–Kier alpha value is -0.180. The van der Waals surface area contributed by atoms with E-state index in [1.165, 1.54) is 0 Å². The molecule has 1 aliphatic heterocycles. The summed E-state index contributed by atoms with van der Waals surface area (Å²) in [5.41, 5.74) is 0. The van der Waals surface area contributed by atoms with Crippen LogP contribution in [0.15, 0.2) is 0 Å². The normalized spacial score (nSPS) is 26.1. The Balaban J connectivity index is 2.33. The summed E-state index contributed by atoms with van der Waals surface area (Å²) in [6.07, 6.45) is 1.21. The van der Waals surface area contributed by atoms with Gasteiger partial charge in [0.15, 0.2) is 0 Å². The molecule has 1 atom stereocenters. The van der Waals surface area contributed by atoms with Crippen molar-refractivity contribution in [3.63, 3.8) is 0 Å². The van der Waals surface area contributed by atoms with Gasteiger partial charge < -0.3 is 5.32 Å². The molecule has 10 heavy (non-hydrogen) atoms. The molecule has 1 heterocycles. The van der Waals surface area contributed by atoms with Crippen molar-refractivity contribution < 1.29 is 8.78 Å². The van der Waals surface area contributed by atoms with Crippen LogP contribution in [0.2, 0.25) is 0 Å². The van der Waals surface area contributed by atoms with Crippen molar-refractivity contribution in [1.29, 1.82) is 0 Å². The summed E-state index contributed by atoms with van der Waals surface area (Å²) >= 11 is 0. The molecule has 3 heteroatoms. The molecule has 1 unspecified atom stereocenters. The zero-order chi connectivity index (χ0) is 7.61. The molecule has 0 aromatic carbocycles. The third-order valence-electron chi connectivity index (χ3n) is 1.92. The zero-order valence-electron chi connectivity index (χ0n) is 6.16. The van der Waals surface area contributed by atoms with Crippen molar-refractivity contribution in [2.75, 3.05) is 6.54 Å². The summed E-state index contributed by atoms with van der Waals surface area (Å²) in [5, 5.41) is 2.72. The molecule has 1 saturated heterocycles. The van der Waals surface area contributed by atoms with E-state index < -0.39 is 12.0 Å². The fraction of sp³-hybridized carbons (Fsp3) is 1.00. The highest BCUT2D eigenvalue weighted by molar-refractivity contribution is 4.89. The first-order chi connectivity index (χ1) is 4.67. The van der Waals surface area contributed by atoms with Gasteiger partial charge in [0.2, 0.25) is 0 Å². The van der Waals surface area contributed by atoms with Crippen LogP contribution in [0, 0.1) is 0 Å². The van der Waals surface area contributed by atoms with E-state index in [-0.39, 0.29) is 6.42 Å². The molecule has 1 aliphatic rings. The Morgan fingerprint density at radius 2 is 2.20 bits per heavy atom. The van der Waals surface area contributed by atoms with Gasteiger partial charge in [-0.15, -0.1) is 0 Å². The molecular weight excluding hydrogens is 136 g/mol. The fourth-order valence-corrected chi connectivity index (χ4v) is 1.16. The van der Waals surface area contributed by atoms with E-state index in [0.717, 1.165) is 6.54 Å². The van der Waals surface area contributed by atoms with Crippen molar-refractivity contribution in [3.8, 4) is 0 Å². The smallest absolute Gasteiger partial charge is 0.263 e. The maximum atomic E-state index is 12.8. The quantitative estimate of drug-likeness (QED) is 0.645. The fourth-order valence-electron chi connectivity index (χ4n) is 1.16. The van der Waals surface area contributed by atoms with Crippen molar-refractivity contribution in [3.05, 3.63) is 0 Å². The molecule has 0 saturated carbocycles. The second kappa shape index (κ2) is 2.82. The number of hydrogen-bond donors (Lipinski definition) is 1. The van der Waals surface area contributed by atoms with E-state index in [9.17, 15) is 8.78 Å². The molecule has 0 radical (unpaired) electrons. The minimum Gasteiger partial charge on any atom is -0.309 e. The Bertz CT molecular complexity index is 110. The van der Waals surface area contributed by atoms with Crippen LogP contribution in [0.4, 0.5) is 8.78 Å². The third-order valence-corrected chi connectivity index (χ3v) is 1.92. The Morgan fingerprint density at radius 3 is 2.50 bits per heavy atom. The van der Waals surface area contributed by atoms with Crippen molar-refractivity contribution in [2.45, 2.75) is 38.2 Å². The molecule has 1 rings (SSSR count). The maximum Gasteiger partial charge on any atom is 0.263 e. The Kier molecular flexibility index (Phi) is 2.24. The van der Waals surface area contributed by atoms with Gasteiger partial charge in [0.05, 0.1) is 6.04 Å². The monoisotopic (exact) mass is 149 g/mol. The van der Waals surface area contributed by atoms with Crippen LogP contribution in [0.1, 0.15) is 26.2 Å². The molecule has 0 aromatic rings. The Labute approximate surface area is 59.8 Å². The first kappa shape index (κ1) is 7.92. The number of alkyl halides is 2. The van der Waals surface area contributed by atoms with Gasteiger partial charge in [0.25, 0.3) is 5.92 Å². The lowest BCUT2D eigenvalue weighted by Gasteiger charge is -2.34. The van der Waals surface area contributed by atoms with Gasteiger partial charge in [-0.1, -0.05) is 13.3 Å². The summed E-state index contributed by atoms with van der Waals surface area (Å²) in [5.74, 6) is -2.47. The van der Waals surface area contributed by atoms with Gasteiger partial charge in [-0.05, 0) is 13.0 Å². The first-order valence-corrected chi connectivity index (χ1v) is 3.78. The van der Waals surface area contributed by atoms with E-state index in [2.05, 4.69) is 5.32 Å². The standard InChI is InChI=1S/C7H13F2N/c1-2-4-7(8,9)6-3-5-10-6/h6,10H,2-5H2,1H3. The van der Waals surface area contributed by atoms with Crippen molar-refractivity contribution in [1.82, 2.24) is 5.32 Å². The van der Waals surface area contributed by atoms with Gasteiger partial charge in [-0.25, -0.2) is 8.78 Å². The first-order valence-electron chi connectivity index (χ1n) is 3.78. The van der Waals surface area contributed by atoms with Crippen LogP contribution in [0.3, 0.4) is 0 Å². The number of nitrogens with one attached hydrogen (secondary N) is 1. The highest BCUT2D eigenvalue weighted by atomic mass is 19.3. The minimum absolute atomic E-state index is 0.0185. The van der Waals surface area contributed by atoms with Crippen LogP contribution < -0.4 is 5.32 Å². The van der Waals surface area contributed by atoms with E-state index in [1.54, 1.807) is 6.92 Å². The van der Waals surface area contributed by atoms with Crippen LogP contribution in [0.5, 0.6) is 0 Å². The predicted octanol–water partition coefficient (Wildman–Crippen LogP) is 1.78. The Morgan fingerprint density at radius 1 is 1.60 bits per heavy atom. The van der Waals surface area contributed by atoms with E-state index in [0.29, 0.717) is 12.8 Å². The number of rotatable bonds is 3. The van der Waals surface area contributed by atoms with Crippen LogP contribution in [-0.2, 0) is 0 Å². The topological polar surface area (TPSA) is 12.0 Å². The number of hydrogen-bond acceptors (Lipinski definition) is 1. The average Bonchev–Trinajstić information content (AvgIpc) is 1.56. The zero-order valence-corrected chi connectivity index (χ0v) is 6.16. The van der Waals surface area contributed by atoms with Crippen LogP contribution in [0.25, 0.3) is 0 Å². The lowest BCUT2D eigenvalue weighted by Crippen LogP contribution is -2.54. The summed E-state index contributed by atoms with van der Waals surface area (Å²) in [6.45, 7) is 2.54. The summed E-state index contributed by atoms with van der Waals surface area (Å²) in [4.78, 5) is 0. The molecule has 60 valence electrons. The molecule has 0 amide bonds. The summed E-state index contributed by atoms with van der Waals surface area (Å²) < 4.78 is 25.6. The highest BCUT2D eigenvalue weighted by Gasteiger charge is 2.41. The molecule has 1 N–H and O–H groups in total. The van der Waals surface area contributed by atoms with Crippen LogP contribution >= 0.6 is 0 Å². The molecule has 0 bridgehead atoms. The number of halogens is 2. The summed E-state index contributed by atoms with van der Waals surface area (Å²) in [7, 11) is 0. The summed E-state index contributed by atoms with van der Waals surface area (Å²) in [6, 6.07) is -0.535. The van der Waals surface area contributed by atoms with Crippen LogP contribution in [-0.4, -0.2) is 18.5 Å². The SMILES string of the molecule is CCCC(F)(F)C1CCN1. The predicted molar refractivity (Wildman–Crippen MR) is 36.3 cm³/mol. The molecule has 1 fully saturated rings. The molecule has 1 nitrogen and oxygen atoms in total. The lowest BCUT2D eigenvalue weighted by molar-refractivity contribution is -0.0651. The maximum absolute atomic E-state index is 12.8. The van der Waals surface area contributed by atoms with Gasteiger partial charge in [-0.2, -0.15) is 0 Å². The molecule has 0 aliphatic carbocycles. The van der Waals surface area contributed by atoms with Gasteiger partial charge in [0, 0.05) is 6.42 Å². The lowest BCUT2D eigenvalue weighted by atomic mass is 9.97. The minimum atomic E-state index is -2.47. The van der Waals surface area contributed by atoms with Gasteiger partial charge >= 0.3 is 0 Å². The molecule has 0 spiro atoms. The van der Waals surface area contributed by atoms with E-state index in [1.807, 2.05) is 0 Å². The molecular formula is C7H13F2N. The molecule has 0 aromatic heterocycles. The van der Waals surface area contributed by atoms with Gasteiger partial charge in [0.1, 0.15) is 0 Å². The van der Waals surface area contributed by atoms with E-state index >= 15 is 0 Å². The van der Waals surface area contributed by atoms with E-state index in [4.69, 9.17) is 0 Å². The average molecular weight is 149 g/mol. The largest absolute Gasteiger partial charge is 0.309 e. The second-order valence-electron chi connectivity index (χ2n) is 2.81. The highest BCUT2D eigenvalue weighted by Crippen LogP contribution is 2.29. The van der Waals surface area contributed by atoms with Crippen molar-refractivity contribution in [2.24, 2.45) is 0 Å². The van der Waals surface area contributed by atoms with Gasteiger partial charge in [-0.3, -0.25) is 0 Å². The second-order valence-corrected chi connectivity index (χ2v) is 2.81.